The van der Waals surface area contributed by atoms with Gasteiger partial charge in [0.25, 0.3) is 0 Å². The lowest BCUT2D eigenvalue weighted by atomic mass is 9.65. The van der Waals surface area contributed by atoms with Gasteiger partial charge >= 0.3 is 0 Å². The number of rotatable bonds is 0. The van der Waals surface area contributed by atoms with E-state index in [2.05, 4.69) is 26.8 Å². The fourth-order valence-corrected chi connectivity index (χ4v) is 4.09. The van der Waals surface area contributed by atoms with Crippen LogP contribution in [0.4, 0.5) is 0 Å². The summed E-state index contributed by atoms with van der Waals surface area (Å²) in [6.07, 6.45) is 4.08. The Morgan fingerprint density at radius 2 is 1.64 bits per heavy atom. The van der Waals surface area contributed by atoms with E-state index in [4.69, 9.17) is 0 Å². The van der Waals surface area contributed by atoms with Crippen LogP contribution >= 0.6 is 0 Å². The predicted octanol–water partition coefficient (Wildman–Crippen LogP) is 4.84. The number of fused-ring (bicyclic) bond motifs is 1. The number of carbonyl (C=O) groups excluding carboxylic acids is 2. The first-order valence-corrected chi connectivity index (χ1v) is 8.27. The standard InChI is InChI=1S/C20H24O2/c1-20(2,3)19-15-10-6-4-8-13(15)17(21)12-18(22)14-9-5-7-11-16(14)19/h4,6,8,10,19H,5,7,9,11-12H2,1-3H3. The molecule has 0 amide bonds. The zero-order valence-electron chi connectivity index (χ0n) is 13.7. The average Bonchev–Trinajstić information content (AvgIpc) is 2.46. The van der Waals surface area contributed by atoms with Crippen molar-refractivity contribution in [3.8, 4) is 0 Å². The van der Waals surface area contributed by atoms with E-state index in [1.807, 2.05) is 18.2 Å². The van der Waals surface area contributed by atoms with Crippen molar-refractivity contribution in [2.24, 2.45) is 5.41 Å². The minimum absolute atomic E-state index is 0.00801. The molecule has 0 heterocycles. The molecule has 0 N–H and O–H groups in total. The molecule has 0 spiro atoms. The Kier molecular flexibility index (Phi) is 3.80. The van der Waals surface area contributed by atoms with Crippen LogP contribution in [0, 0.1) is 5.41 Å². The van der Waals surface area contributed by atoms with Crippen molar-refractivity contribution in [1.82, 2.24) is 0 Å². The molecule has 2 aliphatic rings. The highest BCUT2D eigenvalue weighted by molar-refractivity contribution is 6.15. The first-order chi connectivity index (χ1) is 10.4. The summed E-state index contributed by atoms with van der Waals surface area (Å²) in [5.41, 5.74) is 4.10. The molecule has 1 aromatic rings. The largest absolute Gasteiger partial charge is 0.294 e. The van der Waals surface area contributed by atoms with Gasteiger partial charge in [-0.3, -0.25) is 9.59 Å². The maximum atomic E-state index is 12.6. The summed E-state index contributed by atoms with van der Waals surface area (Å²) in [7, 11) is 0. The number of allylic oxidation sites excluding steroid dienone is 2. The van der Waals surface area contributed by atoms with E-state index >= 15 is 0 Å². The van der Waals surface area contributed by atoms with E-state index < -0.39 is 0 Å². The fourth-order valence-electron chi connectivity index (χ4n) is 4.09. The van der Waals surface area contributed by atoms with E-state index in [0.717, 1.165) is 42.4 Å². The molecule has 0 bridgehead atoms. The van der Waals surface area contributed by atoms with Crippen LogP contribution in [0.25, 0.3) is 0 Å². The van der Waals surface area contributed by atoms with Crippen LogP contribution in [0.15, 0.2) is 35.4 Å². The number of benzene rings is 1. The highest BCUT2D eigenvalue weighted by Gasteiger charge is 2.37. The monoisotopic (exact) mass is 296 g/mol. The Morgan fingerprint density at radius 3 is 2.36 bits per heavy atom. The zero-order chi connectivity index (χ0) is 15.9. The summed E-state index contributed by atoms with van der Waals surface area (Å²) < 4.78 is 0. The van der Waals surface area contributed by atoms with E-state index in [-0.39, 0.29) is 29.3 Å². The molecule has 0 saturated carbocycles. The van der Waals surface area contributed by atoms with Crippen LogP contribution in [0.1, 0.15) is 74.7 Å². The van der Waals surface area contributed by atoms with Gasteiger partial charge in [0.05, 0.1) is 6.42 Å². The minimum atomic E-state index is -0.0213. The van der Waals surface area contributed by atoms with Gasteiger partial charge in [0.15, 0.2) is 11.6 Å². The summed E-state index contributed by atoms with van der Waals surface area (Å²) in [4.78, 5) is 25.2. The van der Waals surface area contributed by atoms with E-state index in [0.29, 0.717) is 0 Å². The van der Waals surface area contributed by atoms with Gasteiger partial charge in [-0.2, -0.15) is 0 Å². The van der Waals surface area contributed by atoms with Crippen molar-refractivity contribution >= 4 is 11.6 Å². The molecule has 3 rings (SSSR count). The third-order valence-electron chi connectivity index (χ3n) is 4.95. The Morgan fingerprint density at radius 1 is 0.955 bits per heavy atom. The van der Waals surface area contributed by atoms with E-state index in [1.54, 1.807) is 0 Å². The molecule has 22 heavy (non-hydrogen) atoms. The Bertz CT molecular complexity index is 659. The summed E-state index contributed by atoms with van der Waals surface area (Å²) in [5, 5.41) is 0. The number of hydrogen-bond acceptors (Lipinski definition) is 2. The molecule has 2 nitrogen and oxygen atoms in total. The molecule has 0 fully saturated rings. The van der Waals surface area contributed by atoms with Gasteiger partial charge in [-0.25, -0.2) is 0 Å². The maximum absolute atomic E-state index is 12.6. The van der Waals surface area contributed by atoms with Crippen LogP contribution in [0.3, 0.4) is 0 Å². The Labute approximate surface area is 132 Å². The molecule has 1 atom stereocenters. The summed E-state index contributed by atoms with van der Waals surface area (Å²) in [6, 6.07) is 7.88. The molecule has 2 aliphatic carbocycles. The lowest BCUT2D eigenvalue weighted by molar-refractivity contribution is -0.115. The average molecular weight is 296 g/mol. The molecule has 116 valence electrons. The summed E-state index contributed by atoms with van der Waals surface area (Å²) in [5.74, 6) is 0.197. The molecule has 0 saturated heterocycles. The zero-order valence-corrected chi connectivity index (χ0v) is 13.7. The second-order valence-electron chi connectivity index (χ2n) is 7.62. The molecule has 0 radical (unpaired) electrons. The van der Waals surface area contributed by atoms with Crippen LogP contribution in [0.5, 0.6) is 0 Å². The molecule has 0 aromatic heterocycles. The van der Waals surface area contributed by atoms with Gasteiger partial charge in [-0.15, -0.1) is 0 Å². The Balaban J connectivity index is 2.28. The van der Waals surface area contributed by atoms with E-state index in [1.165, 1.54) is 5.57 Å². The number of ketones is 2. The summed E-state index contributed by atoms with van der Waals surface area (Å²) in [6.45, 7) is 6.64. The van der Waals surface area contributed by atoms with Gasteiger partial charge in [-0.1, -0.05) is 50.6 Å². The van der Waals surface area contributed by atoms with Gasteiger partial charge in [0.1, 0.15) is 0 Å². The van der Waals surface area contributed by atoms with Crippen molar-refractivity contribution in [3.63, 3.8) is 0 Å². The fraction of sp³-hybridized carbons (Fsp3) is 0.500. The number of Topliss-reactive ketones (excluding diaryl/α,β-unsaturated/α-hetero) is 2. The SMILES string of the molecule is CC(C)(C)C1C2=C(CCCC2)C(=O)CC(=O)c2ccccc21. The molecule has 1 aromatic carbocycles. The molecular weight excluding hydrogens is 272 g/mol. The third kappa shape index (κ3) is 2.55. The second-order valence-corrected chi connectivity index (χ2v) is 7.62. The predicted molar refractivity (Wildman–Crippen MR) is 88.1 cm³/mol. The van der Waals surface area contributed by atoms with Crippen molar-refractivity contribution in [2.45, 2.75) is 58.8 Å². The molecule has 1 unspecified atom stereocenters. The highest BCUT2D eigenvalue weighted by Crippen LogP contribution is 2.48. The van der Waals surface area contributed by atoms with Crippen molar-refractivity contribution in [2.75, 3.05) is 0 Å². The lowest BCUT2D eigenvalue weighted by Gasteiger charge is -2.38. The van der Waals surface area contributed by atoms with Gasteiger partial charge in [0, 0.05) is 11.5 Å². The van der Waals surface area contributed by atoms with Crippen LogP contribution in [-0.4, -0.2) is 11.6 Å². The molecule has 0 aliphatic heterocycles. The summed E-state index contributed by atoms with van der Waals surface area (Å²) >= 11 is 0. The smallest absolute Gasteiger partial charge is 0.170 e. The normalized spacial score (nSPS) is 22.8. The van der Waals surface area contributed by atoms with Crippen LogP contribution < -0.4 is 0 Å². The second kappa shape index (κ2) is 5.49. The molecular formula is C20H24O2. The van der Waals surface area contributed by atoms with E-state index in [9.17, 15) is 9.59 Å². The van der Waals surface area contributed by atoms with Gasteiger partial charge in [-0.05, 0) is 42.2 Å². The topological polar surface area (TPSA) is 34.1 Å². The number of carbonyl (C=O) groups is 2. The maximum Gasteiger partial charge on any atom is 0.170 e. The number of hydrogen-bond donors (Lipinski definition) is 0. The quantitative estimate of drug-likeness (QED) is 0.642. The van der Waals surface area contributed by atoms with Gasteiger partial charge < -0.3 is 0 Å². The van der Waals surface area contributed by atoms with Crippen molar-refractivity contribution < 1.29 is 9.59 Å². The van der Waals surface area contributed by atoms with Crippen molar-refractivity contribution in [1.29, 1.82) is 0 Å². The molecule has 2 heteroatoms. The lowest BCUT2D eigenvalue weighted by Crippen LogP contribution is -2.29. The first kappa shape index (κ1) is 15.2. The highest BCUT2D eigenvalue weighted by atomic mass is 16.1. The Hall–Kier alpha value is -1.70. The van der Waals surface area contributed by atoms with Crippen LogP contribution in [0.2, 0.25) is 0 Å². The van der Waals surface area contributed by atoms with Crippen molar-refractivity contribution in [3.05, 3.63) is 46.5 Å². The van der Waals surface area contributed by atoms with Gasteiger partial charge in [0.2, 0.25) is 0 Å². The van der Waals surface area contributed by atoms with Crippen LogP contribution in [-0.2, 0) is 4.79 Å². The third-order valence-corrected chi connectivity index (χ3v) is 4.95. The first-order valence-electron chi connectivity index (χ1n) is 8.27. The minimum Gasteiger partial charge on any atom is -0.294 e.